The monoisotopic (exact) mass is 435 g/mol. The van der Waals surface area contributed by atoms with Gasteiger partial charge < -0.3 is 9.84 Å². The SMILES string of the molecule is Cc1c(NC(=O)CSCc2nc(-c3ccccc3)no2)c(=O)n(-c2ccccc2)n1C. The first kappa shape index (κ1) is 20.7. The zero-order valence-electron chi connectivity index (χ0n) is 17.1. The Morgan fingerprint density at radius 3 is 2.48 bits per heavy atom. The predicted octanol–water partition coefficient (Wildman–Crippen LogP) is 3.41. The van der Waals surface area contributed by atoms with E-state index in [0.717, 1.165) is 11.3 Å². The number of para-hydroxylation sites is 1. The van der Waals surface area contributed by atoms with Gasteiger partial charge in [0.05, 0.1) is 22.9 Å². The van der Waals surface area contributed by atoms with Crippen molar-refractivity contribution >= 4 is 23.4 Å². The molecule has 31 heavy (non-hydrogen) atoms. The van der Waals surface area contributed by atoms with Crippen molar-refractivity contribution in [1.82, 2.24) is 19.5 Å². The van der Waals surface area contributed by atoms with Gasteiger partial charge in [-0.05, 0) is 19.1 Å². The van der Waals surface area contributed by atoms with Gasteiger partial charge in [-0.1, -0.05) is 53.7 Å². The van der Waals surface area contributed by atoms with Crippen molar-refractivity contribution in [3.8, 4) is 17.1 Å². The van der Waals surface area contributed by atoms with E-state index in [-0.39, 0.29) is 22.9 Å². The first-order valence-electron chi connectivity index (χ1n) is 9.64. The molecule has 0 fully saturated rings. The van der Waals surface area contributed by atoms with E-state index in [4.69, 9.17) is 4.52 Å². The van der Waals surface area contributed by atoms with Crippen LogP contribution in [0, 0.1) is 6.92 Å². The van der Waals surface area contributed by atoms with Gasteiger partial charge in [-0.3, -0.25) is 14.3 Å². The summed E-state index contributed by atoms with van der Waals surface area (Å²) in [6.07, 6.45) is 0. The third kappa shape index (κ3) is 4.46. The van der Waals surface area contributed by atoms with Crippen LogP contribution >= 0.6 is 11.8 Å². The van der Waals surface area contributed by atoms with Crippen molar-refractivity contribution in [2.24, 2.45) is 7.05 Å². The highest BCUT2D eigenvalue weighted by atomic mass is 32.2. The molecule has 0 spiro atoms. The van der Waals surface area contributed by atoms with Crippen molar-refractivity contribution in [2.45, 2.75) is 12.7 Å². The fourth-order valence-electron chi connectivity index (χ4n) is 3.14. The van der Waals surface area contributed by atoms with Crippen LogP contribution in [0.3, 0.4) is 0 Å². The van der Waals surface area contributed by atoms with Gasteiger partial charge in [-0.15, -0.1) is 11.8 Å². The van der Waals surface area contributed by atoms with Crippen molar-refractivity contribution in [1.29, 1.82) is 0 Å². The van der Waals surface area contributed by atoms with Gasteiger partial charge in [0.15, 0.2) is 0 Å². The smallest absolute Gasteiger partial charge is 0.295 e. The Labute approximate surface area is 182 Å². The van der Waals surface area contributed by atoms with Crippen LogP contribution in [-0.4, -0.2) is 31.2 Å². The van der Waals surface area contributed by atoms with Gasteiger partial charge in [0.25, 0.3) is 5.56 Å². The lowest BCUT2D eigenvalue weighted by Crippen LogP contribution is -2.23. The molecule has 0 atom stereocenters. The summed E-state index contributed by atoms with van der Waals surface area (Å²) in [7, 11) is 1.79. The number of amides is 1. The number of hydrogen-bond acceptors (Lipinski definition) is 6. The van der Waals surface area contributed by atoms with Crippen LogP contribution in [0.4, 0.5) is 5.69 Å². The van der Waals surface area contributed by atoms with Gasteiger partial charge in [0, 0.05) is 12.6 Å². The Morgan fingerprint density at radius 1 is 1.10 bits per heavy atom. The van der Waals surface area contributed by atoms with Crippen LogP contribution in [0.5, 0.6) is 0 Å². The minimum absolute atomic E-state index is 0.155. The van der Waals surface area contributed by atoms with E-state index in [2.05, 4.69) is 15.5 Å². The number of aromatic nitrogens is 4. The molecule has 158 valence electrons. The Kier molecular flexibility index (Phi) is 6.03. The molecule has 1 N–H and O–H groups in total. The molecule has 2 aromatic carbocycles. The molecule has 0 radical (unpaired) electrons. The van der Waals surface area contributed by atoms with Crippen LogP contribution in [0.15, 0.2) is 70.0 Å². The maximum absolute atomic E-state index is 12.9. The lowest BCUT2D eigenvalue weighted by atomic mass is 10.2. The number of benzene rings is 2. The molecule has 0 aliphatic rings. The summed E-state index contributed by atoms with van der Waals surface area (Å²) in [5, 5.41) is 6.72. The first-order valence-corrected chi connectivity index (χ1v) is 10.8. The van der Waals surface area contributed by atoms with Crippen LogP contribution in [0.1, 0.15) is 11.6 Å². The highest BCUT2D eigenvalue weighted by molar-refractivity contribution is 7.99. The van der Waals surface area contributed by atoms with Gasteiger partial charge in [0.1, 0.15) is 5.69 Å². The molecule has 4 aromatic rings. The minimum Gasteiger partial charge on any atom is -0.338 e. The molecule has 2 heterocycles. The number of hydrogen-bond donors (Lipinski definition) is 1. The molecule has 8 nitrogen and oxygen atoms in total. The van der Waals surface area contributed by atoms with E-state index in [1.54, 1.807) is 18.7 Å². The normalized spacial score (nSPS) is 10.9. The molecule has 4 rings (SSSR count). The molecule has 0 saturated heterocycles. The lowest BCUT2D eigenvalue weighted by Gasteiger charge is -2.07. The lowest BCUT2D eigenvalue weighted by molar-refractivity contribution is -0.113. The molecular formula is C22H21N5O3S. The molecule has 9 heteroatoms. The first-order chi connectivity index (χ1) is 15.0. The van der Waals surface area contributed by atoms with E-state index in [0.29, 0.717) is 23.2 Å². The summed E-state index contributed by atoms with van der Waals surface area (Å²) < 4.78 is 8.51. The third-order valence-corrected chi connectivity index (χ3v) is 5.69. The predicted molar refractivity (Wildman–Crippen MR) is 120 cm³/mol. The van der Waals surface area contributed by atoms with Crippen molar-refractivity contribution < 1.29 is 9.32 Å². The highest BCUT2D eigenvalue weighted by Crippen LogP contribution is 2.18. The second-order valence-electron chi connectivity index (χ2n) is 6.86. The van der Waals surface area contributed by atoms with E-state index < -0.39 is 0 Å². The second kappa shape index (κ2) is 9.05. The zero-order valence-corrected chi connectivity index (χ0v) is 17.9. The Hall–Kier alpha value is -3.59. The largest absolute Gasteiger partial charge is 0.338 e. The Bertz CT molecular complexity index is 1250. The summed E-state index contributed by atoms with van der Waals surface area (Å²) in [6, 6.07) is 18.8. The van der Waals surface area contributed by atoms with E-state index in [9.17, 15) is 9.59 Å². The summed E-state index contributed by atoms with van der Waals surface area (Å²) in [5.41, 5.74) is 2.29. The number of anilines is 1. The number of carbonyl (C=O) groups is 1. The fraction of sp³-hybridized carbons (Fsp3) is 0.182. The number of nitrogens with one attached hydrogen (secondary N) is 1. The molecule has 0 unspecified atom stereocenters. The maximum Gasteiger partial charge on any atom is 0.295 e. The van der Waals surface area contributed by atoms with Crippen molar-refractivity contribution in [3.63, 3.8) is 0 Å². The summed E-state index contributed by atoms with van der Waals surface area (Å²) in [6.45, 7) is 1.80. The fourth-order valence-corrected chi connectivity index (χ4v) is 3.79. The average molecular weight is 436 g/mol. The second-order valence-corrected chi connectivity index (χ2v) is 7.84. The van der Waals surface area contributed by atoms with Crippen molar-refractivity contribution in [2.75, 3.05) is 11.1 Å². The van der Waals surface area contributed by atoms with Gasteiger partial charge in [-0.2, -0.15) is 4.98 Å². The Morgan fingerprint density at radius 2 is 1.77 bits per heavy atom. The summed E-state index contributed by atoms with van der Waals surface area (Å²) in [4.78, 5) is 29.7. The third-order valence-electron chi connectivity index (χ3n) is 4.78. The van der Waals surface area contributed by atoms with Crippen LogP contribution < -0.4 is 10.9 Å². The molecule has 0 aliphatic heterocycles. The minimum atomic E-state index is -0.269. The molecule has 2 aromatic heterocycles. The topological polar surface area (TPSA) is 95.0 Å². The maximum atomic E-state index is 12.9. The number of nitrogens with zero attached hydrogens (tertiary/aromatic N) is 4. The summed E-state index contributed by atoms with van der Waals surface area (Å²) in [5.74, 6) is 1.25. The quantitative estimate of drug-likeness (QED) is 0.478. The van der Waals surface area contributed by atoms with Gasteiger partial charge in [-0.25, -0.2) is 4.68 Å². The summed E-state index contributed by atoms with van der Waals surface area (Å²) >= 11 is 1.34. The average Bonchev–Trinajstić information content (AvgIpc) is 3.34. The molecular weight excluding hydrogens is 414 g/mol. The van der Waals surface area contributed by atoms with E-state index in [1.807, 2.05) is 60.7 Å². The number of rotatable bonds is 7. The molecule has 0 aliphatic carbocycles. The van der Waals surface area contributed by atoms with E-state index in [1.165, 1.54) is 16.4 Å². The molecule has 0 bridgehead atoms. The van der Waals surface area contributed by atoms with Crippen LogP contribution in [-0.2, 0) is 17.6 Å². The molecule has 1 amide bonds. The van der Waals surface area contributed by atoms with Crippen molar-refractivity contribution in [3.05, 3.63) is 82.6 Å². The molecule has 0 saturated carbocycles. The number of thioether (sulfide) groups is 1. The standard InChI is InChI=1S/C22H21N5O3S/c1-15-20(22(29)27(26(15)2)17-11-7-4-8-12-17)23-18(28)13-31-14-19-24-21(25-30-19)16-9-5-3-6-10-16/h3-12H,13-14H2,1-2H3,(H,23,28). The van der Waals surface area contributed by atoms with Gasteiger partial charge >= 0.3 is 0 Å². The van der Waals surface area contributed by atoms with E-state index >= 15 is 0 Å². The van der Waals surface area contributed by atoms with Crippen LogP contribution in [0.25, 0.3) is 17.1 Å². The number of carbonyl (C=O) groups excluding carboxylic acids is 1. The van der Waals surface area contributed by atoms with Gasteiger partial charge in [0.2, 0.25) is 17.6 Å². The highest BCUT2D eigenvalue weighted by Gasteiger charge is 2.18. The van der Waals surface area contributed by atoms with Crippen LogP contribution in [0.2, 0.25) is 0 Å². The Balaban J connectivity index is 1.38. The zero-order chi connectivity index (χ0) is 21.8.